The van der Waals surface area contributed by atoms with E-state index in [-0.39, 0.29) is 0 Å². The first-order valence-electron chi connectivity index (χ1n) is 5.06. The Hall–Kier alpha value is -0.930. The van der Waals surface area contributed by atoms with Crippen molar-refractivity contribution in [2.24, 2.45) is 11.7 Å². The van der Waals surface area contributed by atoms with Crippen LogP contribution in [0.2, 0.25) is 0 Å². The zero-order valence-corrected chi connectivity index (χ0v) is 8.76. The van der Waals surface area contributed by atoms with E-state index in [1.165, 1.54) is 19.5 Å². The molecular weight excluding hydrogens is 174 g/mol. The predicted molar refractivity (Wildman–Crippen MR) is 58.9 cm³/mol. The molecule has 14 heavy (non-hydrogen) atoms. The van der Waals surface area contributed by atoms with Gasteiger partial charge < -0.3 is 10.6 Å². The van der Waals surface area contributed by atoms with Gasteiger partial charge in [0.1, 0.15) is 0 Å². The highest BCUT2D eigenvalue weighted by Crippen LogP contribution is 2.11. The van der Waals surface area contributed by atoms with Crippen molar-refractivity contribution in [3.8, 4) is 0 Å². The van der Waals surface area contributed by atoms with E-state index in [4.69, 9.17) is 5.73 Å². The molecule has 1 saturated heterocycles. The summed E-state index contributed by atoms with van der Waals surface area (Å²) in [5.74, 6) is 0.778. The van der Waals surface area contributed by atoms with E-state index in [0.717, 1.165) is 12.5 Å². The monoisotopic (exact) mass is 193 g/mol. The molecule has 2 heterocycles. The largest absolute Gasteiger partial charge is 0.330 e. The third kappa shape index (κ3) is 4.35. The molecule has 0 radical (unpaired) electrons. The second-order valence-electron chi connectivity index (χ2n) is 3.68. The second kappa shape index (κ2) is 6.51. The van der Waals surface area contributed by atoms with Gasteiger partial charge in [0.05, 0.1) is 0 Å². The number of hydrogen-bond acceptors (Lipinski definition) is 3. The van der Waals surface area contributed by atoms with E-state index in [0.29, 0.717) is 0 Å². The molecule has 0 bridgehead atoms. The standard InChI is InChI=1S/C6H14N2.C5H5N/c1-8-3-2-6(4-7)5-8;1-2-4-6-5-3-1/h6H,2-5,7H2,1H3;1-5H. The van der Waals surface area contributed by atoms with Gasteiger partial charge in [-0.3, -0.25) is 4.98 Å². The molecule has 3 heteroatoms. The van der Waals surface area contributed by atoms with Crippen molar-refractivity contribution < 1.29 is 0 Å². The summed E-state index contributed by atoms with van der Waals surface area (Å²) in [6.07, 6.45) is 4.80. The van der Waals surface area contributed by atoms with Crippen LogP contribution < -0.4 is 5.73 Å². The van der Waals surface area contributed by atoms with Crippen LogP contribution in [0.5, 0.6) is 0 Å². The van der Waals surface area contributed by atoms with Crippen molar-refractivity contribution in [3.05, 3.63) is 30.6 Å². The first-order valence-corrected chi connectivity index (χ1v) is 5.06. The van der Waals surface area contributed by atoms with Crippen LogP contribution in [0.3, 0.4) is 0 Å². The Bertz CT molecular complexity index is 199. The number of pyridine rings is 1. The Kier molecular flexibility index (Phi) is 5.19. The fourth-order valence-electron chi connectivity index (χ4n) is 1.53. The van der Waals surface area contributed by atoms with Crippen molar-refractivity contribution in [2.45, 2.75) is 6.42 Å². The number of hydrogen-bond donors (Lipinski definition) is 1. The smallest absolute Gasteiger partial charge is 0.0267 e. The molecule has 0 spiro atoms. The Balaban J connectivity index is 0.000000146. The van der Waals surface area contributed by atoms with Gasteiger partial charge in [0.2, 0.25) is 0 Å². The Labute approximate surface area is 85.9 Å². The molecule has 0 aromatic carbocycles. The average Bonchev–Trinajstić information content (AvgIpc) is 2.68. The van der Waals surface area contributed by atoms with Crippen molar-refractivity contribution in [1.82, 2.24) is 9.88 Å². The summed E-state index contributed by atoms with van der Waals surface area (Å²) in [7, 11) is 2.15. The molecular formula is C11H19N3. The van der Waals surface area contributed by atoms with Gasteiger partial charge in [0.25, 0.3) is 0 Å². The lowest BCUT2D eigenvalue weighted by Gasteiger charge is -2.05. The summed E-state index contributed by atoms with van der Waals surface area (Å²) in [5.41, 5.74) is 5.47. The number of nitrogens with zero attached hydrogens (tertiary/aromatic N) is 2. The van der Waals surface area contributed by atoms with E-state index in [1.54, 1.807) is 12.4 Å². The molecule has 0 amide bonds. The minimum absolute atomic E-state index is 0.778. The number of nitrogens with two attached hydrogens (primary N) is 1. The van der Waals surface area contributed by atoms with Crippen LogP contribution in [-0.4, -0.2) is 36.6 Å². The predicted octanol–water partition coefficient (Wildman–Crippen LogP) is 0.978. The molecule has 3 nitrogen and oxygen atoms in total. The van der Waals surface area contributed by atoms with Crippen molar-refractivity contribution in [2.75, 3.05) is 26.7 Å². The summed E-state index contributed by atoms with van der Waals surface area (Å²) in [6.45, 7) is 3.31. The Morgan fingerprint density at radius 2 is 2.07 bits per heavy atom. The number of likely N-dealkylation sites (tertiary alicyclic amines) is 1. The molecule has 0 saturated carbocycles. The minimum atomic E-state index is 0.778. The van der Waals surface area contributed by atoms with Crippen LogP contribution in [0.15, 0.2) is 30.6 Å². The van der Waals surface area contributed by atoms with Gasteiger partial charge in [0, 0.05) is 18.9 Å². The maximum atomic E-state index is 5.47. The lowest BCUT2D eigenvalue weighted by atomic mass is 10.1. The highest BCUT2D eigenvalue weighted by atomic mass is 15.1. The van der Waals surface area contributed by atoms with Gasteiger partial charge in [-0.05, 0) is 44.6 Å². The molecule has 2 N–H and O–H groups in total. The fraction of sp³-hybridized carbons (Fsp3) is 0.545. The van der Waals surface area contributed by atoms with Gasteiger partial charge in [-0.2, -0.15) is 0 Å². The number of rotatable bonds is 1. The SMILES string of the molecule is CN1CCC(CN)C1.c1ccncc1. The first kappa shape index (κ1) is 11.1. The molecule has 1 aromatic rings. The zero-order valence-electron chi connectivity index (χ0n) is 8.76. The van der Waals surface area contributed by atoms with Gasteiger partial charge in [0.15, 0.2) is 0 Å². The summed E-state index contributed by atoms with van der Waals surface area (Å²) in [5, 5.41) is 0. The van der Waals surface area contributed by atoms with E-state index in [1.807, 2.05) is 18.2 Å². The molecule has 1 atom stereocenters. The molecule has 1 unspecified atom stereocenters. The molecule has 1 aliphatic heterocycles. The van der Waals surface area contributed by atoms with Crippen LogP contribution in [-0.2, 0) is 0 Å². The normalized spacial score (nSPS) is 21.4. The van der Waals surface area contributed by atoms with Gasteiger partial charge in [-0.1, -0.05) is 6.07 Å². The van der Waals surface area contributed by atoms with Crippen molar-refractivity contribution in [1.29, 1.82) is 0 Å². The van der Waals surface area contributed by atoms with E-state index in [2.05, 4.69) is 16.9 Å². The summed E-state index contributed by atoms with van der Waals surface area (Å²) < 4.78 is 0. The van der Waals surface area contributed by atoms with Crippen LogP contribution in [0, 0.1) is 5.92 Å². The van der Waals surface area contributed by atoms with Crippen molar-refractivity contribution in [3.63, 3.8) is 0 Å². The average molecular weight is 193 g/mol. The maximum absolute atomic E-state index is 5.47. The molecule has 1 fully saturated rings. The van der Waals surface area contributed by atoms with Crippen LogP contribution >= 0.6 is 0 Å². The summed E-state index contributed by atoms with van der Waals surface area (Å²) in [6, 6.07) is 5.72. The molecule has 0 aliphatic carbocycles. The van der Waals surface area contributed by atoms with Crippen molar-refractivity contribution >= 4 is 0 Å². The third-order valence-electron chi connectivity index (χ3n) is 2.39. The van der Waals surface area contributed by atoms with Gasteiger partial charge >= 0.3 is 0 Å². The van der Waals surface area contributed by atoms with Crippen LogP contribution in [0.4, 0.5) is 0 Å². The topological polar surface area (TPSA) is 42.1 Å². The summed E-state index contributed by atoms with van der Waals surface area (Å²) in [4.78, 5) is 6.12. The molecule has 78 valence electrons. The third-order valence-corrected chi connectivity index (χ3v) is 2.39. The van der Waals surface area contributed by atoms with E-state index in [9.17, 15) is 0 Å². The lowest BCUT2D eigenvalue weighted by molar-refractivity contribution is 0.397. The zero-order chi connectivity index (χ0) is 10.2. The molecule has 1 aromatic heterocycles. The first-order chi connectivity index (χ1) is 6.83. The molecule has 1 aliphatic rings. The Morgan fingerprint density at radius 3 is 2.29 bits per heavy atom. The van der Waals surface area contributed by atoms with E-state index >= 15 is 0 Å². The van der Waals surface area contributed by atoms with Gasteiger partial charge in [-0.25, -0.2) is 0 Å². The van der Waals surface area contributed by atoms with Crippen LogP contribution in [0.25, 0.3) is 0 Å². The van der Waals surface area contributed by atoms with Crippen LogP contribution in [0.1, 0.15) is 6.42 Å². The van der Waals surface area contributed by atoms with E-state index < -0.39 is 0 Å². The summed E-state index contributed by atoms with van der Waals surface area (Å²) >= 11 is 0. The minimum Gasteiger partial charge on any atom is -0.330 e. The molecule has 2 rings (SSSR count). The highest BCUT2D eigenvalue weighted by Gasteiger charge is 2.16. The quantitative estimate of drug-likeness (QED) is 0.723. The second-order valence-corrected chi connectivity index (χ2v) is 3.68. The number of aromatic nitrogens is 1. The Morgan fingerprint density at radius 1 is 1.36 bits per heavy atom. The highest BCUT2D eigenvalue weighted by molar-refractivity contribution is 4.88. The van der Waals surface area contributed by atoms with Gasteiger partial charge in [-0.15, -0.1) is 0 Å². The lowest BCUT2D eigenvalue weighted by Crippen LogP contribution is -2.18. The maximum Gasteiger partial charge on any atom is 0.0267 e. The fourth-order valence-corrected chi connectivity index (χ4v) is 1.53.